The number of amides is 1. The van der Waals surface area contributed by atoms with Crippen LogP contribution in [0.4, 0.5) is 0 Å². The summed E-state index contributed by atoms with van der Waals surface area (Å²) < 4.78 is 0. The SMILES string of the molecule is CC(C)C(N)CC(=O)N(C)C(C)C(C)C. The molecule has 0 spiro atoms. The van der Waals surface area contributed by atoms with Gasteiger partial charge < -0.3 is 10.6 Å². The highest BCUT2D eigenvalue weighted by Crippen LogP contribution is 2.11. The highest BCUT2D eigenvalue weighted by molar-refractivity contribution is 5.76. The first-order valence-electron chi connectivity index (χ1n) is 5.78. The summed E-state index contributed by atoms with van der Waals surface area (Å²) in [6.07, 6.45) is 0.450. The maximum Gasteiger partial charge on any atom is 0.224 e. The second-order valence-electron chi connectivity index (χ2n) is 5.10. The van der Waals surface area contributed by atoms with Gasteiger partial charge in [0.1, 0.15) is 0 Å². The molecule has 0 bridgehead atoms. The third-order valence-electron chi connectivity index (χ3n) is 3.24. The van der Waals surface area contributed by atoms with Crippen LogP contribution in [0.3, 0.4) is 0 Å². The van der Waals surface area contributed by atoms with Crippen molar-refractivity contribution in [1.82, 2.24) is 4.90 Å². The van der Waals surface area contributed by atoms with E-state index >= 15 is 0 Å². The number of hydrogen-bond donors (Lipinski definition) is 1. The van der Waals surface area contributed by atoms with Crippen molar-refractivity contribution in [2.45, 2.75) is 53.1 Å². The number of hydrogen-bond acceptors (Lipinski definition) is 2. The van der Waals surface area contributed by atoms with E-state index in [2.05, 4.69) is 20.8 Å². The molecule has 0 fully saturated rings. The highest BCUT2D eigenvalue weighted by Gasteiger charge is 2.21. The zero-order chi connectivity index (χ0) is 12.2. The number of carbonyl (C=O) groups is 1. The van der Waals surface area contributed by atoms with Crippen LogP contribution in [-0.2, 0) is 4.79 Å². The van der Waals surface area contributed by atoms with Gasteiger partial charge >= 0.3 is 0 Å². The first-order valence-corrected chi connectivity index (χ1v) is 5.78. The molecule has 90 valence electrons. The number of rotatable bonds is 5. The molecule has 0 heterocycles. The van der Waals surface area contributed by atoms with Gasteiger partial charge in [-0.2, -0.15) is 0 Å². The lowest BCUT2D eigenvalue weighted by molar-refractivity contribution is -0.133. The molecule has 3 nitrogen and oxygen atoms in total. The third kappa shape index (κ3) is 4.65. The van der Waals surface area contributed by atoms with E-state index < -0.39 is 0 Å². The summed E-state index contributed by atoms with van der Waals surface area (Å²) in [5, 5.41) is 0. The van der Waals surface area contributed by atoms with Gasteiger partial charge in [0, 0.05) is 25.6 Å². The second kappa shape index (κ2) is 6.11. The third-order valence-corrected chi connectivity index (χ3v) is 3.24. The van der Waals surface area contributed by atoms with Crippen LogP contribution in [0.15, 0.2) is 0 Å². The molecule has 0 rings (SSSR count). The number of nitrogens with two attached hydrogens (primary N) is 1. The van der Waals surface area contributed by atoms with Crippen LogP contribution in [0.2, 0.25) is 0 Å². The topological polar surface area (TPSA) is 46.3 Å². The summed E-state index contributed by atoms with van der Waals surface area (Å²) in [7, 11) is 1.86. The van der Waals surface area contributed by atoms with Gasteiger partial charge in [0.05, 0.1) is 0 Å². The maximum absolute atomic E-state index is 11.8. The summed E-state index contributed by atoms with van der Waals surface area (Å²) in [4.78, 5) is 13.7. The summed E-state index contributed by atoms with van der Waals surface area (Å²) in [6.45, 7) is 10.4. The van der Waals surface area contributed by atoms with Crippen LogP contribution in [-0.4, -0.2) is 29.9 Å². The van der Waals surface area contributed by atoms with Gasteiger partial charge in [0.15, 0.2) is 0 Å². The molecule has 0 aromatic carbocycles. The van der Waals surface area contributed by atoms with Gasteiger partial charge in [-0.1, -0.05) is 27.7 Å². The van der Waals surface area contributed by atoms with Gasteiger partial charge in [0.2, 0.25) is 5.91 Å². The summed E-state index contributed by atoms with van der Waals surface area (Å²) in [5.41, 5.74) is 5.88. The number of nitrogens with zero attached hydrogens (tertiary/aromatic N) is 1. The molecule has 0 aromatic heterocycles. The van der Waals surface area contributed by atoms with Crippen molar-refractivity contribution in [2.75, 3.05) is 7.05 Å². The average molecular weight is 214 g/mol. The van der Waals surface area contributed by atoms with Gasteiger partial charge in [0.25, 0.3) is 0 Å². The maximum atomic E-state index is 11.8. The van der Waals surface area contributed by atoms with E-state index in [0.717, 1.165) is 0 Å². The molecule has 1 amide bonds. The lowest BCUT2D eigenvalue weighted by Crippen LogP contribution is -2.42. The highest BCUT2D eigenvalue weighted by atomic mass is 16.2. The Bertz CT molecular complexity index is 202. The van der Waals surface area contributed by atoms with E-state index in [1.165, 1.54) is 0 Å². The molecule has 0 aliphatic carbocycles. The van der Waals surface area contributed by atoms with Crippen molar-refractivity contribution in [2.24, 2.45) is 17.6 Å². The summed E-state index contributed by atoms with van der Waals surface area (Å²) >= 11 is 0. The minimum Gasteiger partial charge on any atom is -0.343 e. The Balaban J connectivity index is 4.21. The smallest absolute Gasteiger partial charge is 0.224 e. The molecule has 0 aliphatic heterocycles. The first kappa shape index (κ1) is 14.4. The summed E-state index contributed by atoms with van der Waals surface area (Å²) in [5.74, 6) is 0.989. The Morgan fingerprint density at radius 2 is 1.60 bits per heavy atom. The molecular formula is C12H26N2O. The van der Waals surface area contributed by atoms with Crippen molar-refractivity contribution in [3.8, 4) is 0 Å². The van der Waals surface area contributed by atoms with Gasteiger partial charge in [-0.3, -0.25) is 4.79 Å². The molecule has 0 saturated carbocycles. The fraction of sp³-hybridized carbons (Fsp3) is 0.917. The normalized spacial score (nSPS) is 15.5. The Labute approximate surface area is 94.0 Å². The summed E-state index contributed by atoms with van der Waals surface area (Å²) in [6, 6.07) is 0.246. The zero-order valence-corrected chi connectivity index (χ0v) is 10.9. The van der Waals surface area contributed by atoms with E-state index in [9.17, 15) is 4.79 Å². The predicted molar refractivity (Wildman–Crippen MR) is 64.5 cm³/mol. The Morgan fingerprint density at radius 3 is 1.93 bits per heavy atom. The lowest BCUT2D eigenvalue weighted by atomic mass is 10.00. The Morgan fingerprint density at radius 1 is 1.13 bits per heavy atom. The minimum atomic E-state index is -0.0284. The Kier molecular flexibility index (Phi) is 5.88. The van der Waals surface area contributed by atoms with Crippen LogP contribution < -0.4 is 5.73 Å². The molecule has 2 N–H and O–H groups in total. The molecule has 0 saturated heterocycles. The molecule has 0 aliphatic rings. The first-order chi connectivity index (χ1) is 6.77. The molecule has 2 unspecified atom stereocenters. The quantitative estimate of drug-likeness (QED) is 0.759. The molecule has 15 heavy (non-hydrogen) atoms. The van der Waals surface area contributed by atoms with Crippen LogP contribution >= 0.6 is 0 Å². The lowest BCUT2D eigenvalue weighted by Gasteiger charge is -2.29. The standard InChI is InChI=1S/C12H26N2O/c1-8(2)10(5)14(6)12(15)7-11(13)9(3)4/h8-11H,7,13H2,1-6H3. The van der Waals surface area contributed by atoms with Crippen LogP contribution in [0.25, 0.3) is 0 Å². The van der Waals surface area contributed by atoms with Crippen LogP contribution in [0.1, 0.15) is 41.0 Å². The zero-order valence-electron chi connectivity index (χ0n) is 10.9. The van der Waals surface area contributed by atoms with Crippen LogP contribution in [0, 0.1) is 11.8 Å². The predicted octanol–water partition coefficient (Wildman–Crippen LogP) is 1.86. The monoisotopic (exact) mass is 214 g/mol. The van der Waals surface area contributed by atoms with Crippen molar-refractivity contribution in [3.63, 3.8) is 0 Å². The minimum absolute atomic E-state index is 0.0284. The fourth-order valence-electron chi connectivity index (χ4n) is 1.26. The second-order valence-corrected chi connectivity index (χ2v) is 5.10. The van der Waals surface area contributed by atoms with E-state index in [0.29, 0.717) is 18.3 Å². The average Bonchev–Trinajstić information content (AvgIpc) is 2.14. The fourth-order valence-corrected chi connectivity index (χ4v) is 1.26. The van der Waals surface area contributed by atoms with E-state index in [-0.39, 0.29) is 18.0 Å². The molecule has 0 aromatic rings. The van der Waals surface area contributed by atoms with Gasteiger partial charge in [-0.05, 0) is 18.8 Å². The van der Waals surface area contributed by atoms with Gasteiger partial charge in [-0.15, -0.1) is 0 Å². The van der Waals surface area contributed by atoms with Crippen molar-refractivity contribution in [1.29, 1.82) is 0 Å². The van der Waals surface area contributed by atoms with E-state index in [1.807, 2.05) is 25.8 Å². The molecule has 0 radical (unpaired) electrons. The molecular weight excluding hydrogens is 188 g/mol. The molecule has 3 heteroatoms. The van der Waals surface area contributed by atoms with Crippen LogP contribution in [0.5, 0.6) is 0 Å². The Hall–Kier alpha value is -0.570. The molecule has 2 atom stereocenters. The van der Waals surface area contributed by atoms with Crippen molar-refractivity contribution >= 4 is 5.91 Å². The number of carbonyl (C=O) groups excluding carboxylic acids is 1. The largest absolute Gasteiger partial charge is 0.343 e. The van der Waals surface area contributed by atoms with Gasteiger partial charge in [-0.25, -0.2) is 0 Å². The van der Waals surface area contributed by atoms with Crippen molar-refractivity contribution < 1.29 is 4.79 Å². The van der Waals surface area contributed by atoms with Crippen molar-refractivity contribution in [3.05, 3.63) is 0 Å². The van der Waals surface area contributed by atoms with E-state index in [1.54, 1.807) is 0 Å². The van der Waals surface area contributed by atoms with E-state index in [4.69, 9.17) is 5.73 Å².